The normalized spacial score (nSPS) is 13.3. The van der Waals surface area contributed by atoms with Gasteiger partial charge < -0.3 is 4.74 Å². The van der Waals surface area contributed by atoms with Crippen LogP contribution in [0.4, 0.5) is 0 Å². The van der Waals surface area contributed by atoms with Gasteiger partial charge in [-0.2, -0.15) is 0 Å². The van der Waals surface area contributed by atoms with E-state index in [1.807, 2.05) is 6.07 Å². The molecule has 0 saturated heterocycles. The van der Waals surface area contributed by atoms with Crippen LogP contribution in [-0.2, 0) is 5.41 Å². The van der Waals surface area contributed by atoms with Crippen molar-refractivity contribution >= 4 is 23.5 Å². The van der Waals surface area contributed by atoms with Gasteiger partial charge in [-0.25, -0.2) is 0 Å². The summed E-state index contributed by atoms with van der Waals surface area (Å²) in [4.78, 5) is 4.85. The van der Waals surface area contributed by atoms with Crippen LogP contribution in [0.2, 0.25) is 0 Å². The molecule has 0 aromatic heterocycles. The fourth-order valence-electron chi connectivity index (χ4n) is 2.89. The molecule has 1 aliphatic heterocycles. The Labute approximate surface area is 164 Å². The number of hydrogen-bond donors (Lipinski definition) is 0. The molecule has 3 aromatic carbocycles. The second kappa shape index (κ2) is 7.05. The lowest BCUT2D eigenvalue weighted by molar-refractivity contribution is 0.456. The van der Waals surface area contributed by atoms with Crippen molar-refractivity contribution in [3.05, 3.63) is 72.3 Å². The van der Waals surface area contributed by atoms with Crippen molar-refractivity contribution in [2.45, 2.75) is 52.2 Å². The summed E-state index contributed by atoms with van der Waals surface area (Å²) in [6.07, 6.45) is 1.10. The Morgan fingerprint density at radius 1 is 0.731 bits per heavy atom. The summed E-state index contributed by atoms with van der Waals surface area (Å²) in [7, 11) is 0. The predicted octanol–water partition coefficient (Wildman–Crippen LogP) is 7.78. The summed E-state index contributed by atoms with van der Waals surface area (Å²) < 4.78 is 6.35. The lowest BCUT2D eigenvalue weighted by Crippen LogP contribution is -2.15. The Balaban J connectivity index is 1.89. The third-order valence-electron chi connectivity index (χ3n) is 4.97. The van der Waals surface area contributed by atoms with Gasteiger partial charge in [0.25, 0.3) is 0 Å². The molecule has 1 nitrogen and oxygen atoms in total. The van der Waals surface area contributed by atoms with E-state index in [2.05, 4.69) is 81.4 Å². The average molecular weight is 379 g/mol. The van der Waals surface area contributed by atoms with E-state index in [0.717, 1.165) is 22.8 Å². The van der Waals surface area contributed by atoms with Crippen LogP contribution < -0.4 is 4.74 Å². The zero-order valence-corrected chi connectivity index (χ0v) is 16.9. The number of para-hydroxylation sites is 1. The molecule has 1 aliphatic rings. The third kappa shape index (κ3) is 3.38. The zero-order chi connectivity index (χ0) is 18.1. The maximum absolute atomic E-state index is 6.35. The highest BCUT2D eigenvalue weighted by Crippen LogP contribution is 2.48. The van der Waals surface area contributed by atoms with Crippen molar-refractivity contribution in [2.75, 3.05) is 0 Å². The molecule has 4 rings (SSSR count). The van der Waals surface area contributed by atoms with Gasteiger partial charge in [0.1, 0.15) is 11.5 Å². The monoisotopic (exact) mass is 378 g/mol. The summed E-state index contributed by atoms with van der Waals surface area (Å²) in [5.74, 6) is 1.84. The quantitative estimate of drug-likeness (QED) is 0.352. The van der Waals surface area contributed by atoms with E-state index in [1.54, 1.807) is 23.5 Å². The van der Waals surface area contributed by atoms with Crippen molar-refractivity contribution in [3.8, 4) is 11.5 Å². The standard InChI is InChI=1S/C23H22OS2/c1-4-23(2,3)16-13-14-18-22(15-16)26-21-12-8-7-11-20(21)25-19-10-6-5-9-17(19)24-18/h5-15H,4H2,1-3H3. The lowest BCUT2D eigenvalue weighted by atomic mass is 9.82. The van der Waals surface area contributed by atoms with Crippen LogP contribution in [0.1, 0.15) is 32.8 Å². The topological polar surface area (TPSA) is 9.23 Å². The first-order valence-corrected chi connectivity index (χ1v) is 10.6. The molecule has 0 bridgehead atoms. The van der Waals surface area contributed by atoms with Crippen molar-refractivity contribution in [1.29, 1.82) is 0 Å². The van der Waals surface area contributed by atoms with E-state index in [9.17, 15) is 0 Å². The Bertz CT molecular complexity index is 940. The molecule has 0 radical (unpaired) electrons. The summed E-state index contributed by atoms with van der Waals surface area (Å²) in [5.41, 5.74) is 1.51. The highest BCUT2D eigenvalue weighted by Gasteiger charge is 2.22. The predicted molar refractivity (Wildman–Crippen MR) is 111 cm³/mol. The molecule has 0 fully saturated rings. The third-order valence-corrected chi connectivity index (χ3v) is 7.34. The SMILES string of the molecule is CCC(C)(C)c1ccc2c(c1)Sc1ccccc1Sc1ccccc1O2. The largest absolute Gasteiger partial charge is 0.455 e. The average Bonchev–Trinajstić information content (AvgIpc) is 2.72. The number of ether oxygens (including phenoxy) is 1. The first-order valence-electron chi connectivity index (χ1n) is 8.93. The molecule has 26 heavy (non-hydrogen) atoms. The summed E-state index contributed by atoms with van der Waals surface area (Å²) in [6, 6.07) is 23.5. The first-order chi connectivity index (χ1) is 12.6. The minimum absolute atomic E-state index is 0.153. The zero-order valence-electron chi connectivity index (χ0n) is 15.3. The van der Waals surface area contributed by atoms with Crippen LogP contribution in [0.25, 0.3) is 0 Å². The molecule has 0 amide bonds. The van der Waals surface area contributed by atoms with Crippen LogP contribution >= 0.6 is 23.5 Å². The molecule has 0 atom stereocenters. The molecule has 0 N–H and O–H groups in total. The van der Waals surface area contributed by atoms with Crippen molar-refractivity contribution in [3.63, 3.8) is 0 Å². The van der Waals surface area contributed by atoms with Gasteiger partial charge in [0.2, 0.25) is 0 Å². The van der Waals surface area contributed by atoms with E-state index in [-0.39, 0.29) is 5.41 Å². The highest BCUT2D eigenvalue weighted by molar-refractivity contribution is 8.02. The highest BCUT2D eigenvalue weighted by atomic mass is 32.2. The Morgan fingerprint density at radius 3 is 2.00 bits per heavy atom. The van der Waals surface area contributed by atoms with Crippen LogP contribution in [0.15, 0.2) is 86.3 Å². The van der Waals surface area contributed by atoms with Gasteiger partial charge in [-0.1, -0.05) is 74.6 Å². The van der Waals surface area contributed by atoms with Gasteiger partial charge in [0.05, 0.1) is 9.79 Å². The second-order valence-electron chi connectivity index (χ2n) is 7.10. The van der Waals surface area contributed by atoms with Gasteiger partial charge in [-0.15, -0.1) is 0 Å². The van der Waals surface area contributed by atoms with Crippen molar-refractivity contribution in [2.24, 2.45) is 0 Å². The molecule has 3 heteroatoms. The van der Waals surface area contributed by atoms with Gasteiger partial charge >= 0.3 is 0 Å². The summed E-state index contributed by atoms with van der Waals surface area (Å²) in [5, 5.41) is 0. The maximum Gasteiger partial charge on any atom is 0.141 e. The fraction of sp³-hybridized carbons (Fsp3) is 0.217. The Kier molecular flexibility index (Phi) is 4.76. The van der Waals surface area contributed by atoms with E-state index in [4.69, 9.17) is 4.74 Å². The van der Waals surface area contributed by atoms with E-state index < -0.39 is 0 Å². The van der Waals surface area contributed by atoms with Gasteiger partial charge in [0.15, 0.2) is 0 Å². The smallest absolute Gasteiger partial charge is 0.141 e. The van der Waals surface area contributed by atoms with Crippen LogP contribution in [0.5, 0.6) is 11.5 Å². The molecule has 132 valence electrons. The van der Waals surface area contributed by atoms with Crippen LogP contribution in [-0.4, -0.2) is 0 Å². The second-order valence-corrected chi connectivity index (χ2v) is 9.27. The molecule has 1 heterocycles. The van der Waals surface area contributed by atoms with Gasteiger partial charge in [-0.05, 0) is 53.8 Å². The summed E-state index contributed by atoms with van der Waals surface area (Å²) in [6.45, 7) is 6.84. The number of fused-ring (bicyclic) bond motifs is 3. The first kappa shape index (κ1) is 17.6. The van der Waals surface area contributed by atoms with Crippen LogP contribution in [0, 0.1) is 0 Å². The van der Waals surface area contributed by atoms with Crippen molar-refractivity contribution in [1.82, 2.24) is 0 Å². The van der Waals surface area contributed by atoms with E-state index in [1.165, 1.54) is 20.2 Å². The molecular weight excluding hydrogens is 356 g/mol. The lowest BCUT2D eigenvalue weighted by Gasteiger charge is -2.24. The molecule has 0 spiro atoms. The number of rotatable bonds is 2. The van der Waals surface area contributed by atoms with Crippen LogP contribution in [0.3, 0.4) is 0 Å². The van der Waals surface area contributed by atoms with E-state index >= 15 is 0 Å². The van der Waals surface area contributed by atoms with E-state index in [0.29, 0.717) is 0 Å². The Morgan fingerprint density at radius 2 is 1.31 bits per heavy atom. The fourth-order valence-corrected chi connectivity index (χ4v) is 5.00. The molecule has 0 saturated carbocycles. The molecule has 0 unspecified atom stereocenters. The molecule has 3 aromatic rings. The Hall–Kier alpha value is -1.84. The molecular formula is C23H22OS2. The number of hydrogen-bond acceptors (Lipinski definition) is 3. The minimum atomic E-state index is 0.153. The molecule has 0 aliphatic carbocycles. The van der Waals surface area contributed by atoms with Gasteiger partial charge in [0, 0.05) is 9.79 Å². The summed E-state index contributed by atoms with van der Waals surface area (Å²) >= 11 is 3.56. The maximum atomic E-state index is 6.35. The van der Waals surface area contributed by atoms with Crippen molar-refractivity contribution < 1.29 is 4.74 Å². The number of benzene rings is 3. The van der Waals surface area contributed by atoms with Gasteiger partial charge in [-0.3, -0.25) is 0 Å². The minimum Gasteiger partial charge on any atom is -0.455 e.